The zero-order valence-electron chi connectivity index (χ0n) is 13.8. The van der Waals surface area contributed by atoms with Crippen LogP contribution in [0.1, 0.15) is 5.56 Å². The summed E-state index contributed by atoms with van der Waals surface area (Å²) < 4.78 is 44.1. The SMILES string of the molecule is COc1ccccc1N1CCN(c2cc(C(F)(F)F)cnc2N)CC1. The minimum Gasteiger partial charge on any atom is -0.495 e. The maximum atomic E-state index is 12.9. The van der Waals surface area contributed by atoms with E-state index in [1.807, 2.05) is 29.2 Å². The number of rotatable bonds is 3. The number of benzene rings is 1. The van der Waals surface area contributed by atoms with Gasteiger partial charge in [-0.05, 0) is 18.2 Å². The summed E-state index contributed by atoms with van der Waals surface area (Å²) >= 11 is 0. The molecule has 0 atom stereocenters. The Morgan fingerprint density at radius 2 is 1.64 bits per heavy atom. The van der Waals surface area contributed by atoms with Crippen LogP contribution in [-0.4, -0.2) is 38.3 Å². The molecule has 1 aromatic carbocycles. The van der Waals surface area contributed by atoms with E-state index in [1.165, 1.54) is 0 Å². The Labute approximate surface area is 143 Å². The number of nitrogen functional groups attached to an aromatic ring is 1. The quantitative estimate of drug-likeness (QED) is 0.920. The summed E-state index contributed by atoms with van der Waals surface area (Å²) in [5.74, 6) is 0.884. The van der Waals surface area contributed by atoms with Crippen LogP contribution in [0, 0.1) is 0 Å². The number of para-hydroxylation sites is 2. The number of methoxy groups -OCH3 is 1. The Morgan fingerprint density at radius 1 is 1.04 bits per heavy atom. The van der Waals surface area contributed by atoms with Gasteiger partial charge in [-0.15, -0.1) is 0 Å². The first-order chi connectivity index (χ1) is 11.9. The van der Waals surface area contributed by atoms with Gasteiger partial charge in [0.2, 0.25) is 0 Å². The molecule has 2 aromatic rings. The molecule has 1 fully saturated rings. The molecule has 25 heavy (non-hydrogen) atoms. The Kier molecular flexibility index (Phi) is 4.61. The fourth-order valence-corrected chi connectivity index (χ4v) is 2.95. The smallest absolute Gasteiger partial charge is 0.417 e. The van der Waals surface area contributed by atoms with Gasteiger partial charge in [0.1, 0.15) is 11.6 Å². The van der Waals surface area contributed by atoms with Gasteiger partial charge in [0.05, 0.1) is 24.0 Å². The highest BCUT2D eigenvalue weighted by Crippen LogP contribution is 2.34. The van der Waals surface area contributed by atoms with E-state index in [-0.39, 0.29) is 5.82 Å². The molecule has 5 nitrogen and oxygen atoms in total. The fraction of sp³-hybridized carbons (Fsp3) is 0.353. The van der Waals surface area contributed by atoms with E-state index in [9.17, 15) is 13.2 Å². The highest BCUT2D eigenvalue weighted by molar-refractivity contribution is 5.66. The molecule has 0 aliphatic carbocycles. The highest BCUT2D eigenvalue weighted by Gasteiger charge is 2.32. The van der Waals surface area contributed by atoms with Crippen LogP contribution >= 0.6 is 0 Å². The molecule has 3 rings (SSSR count). The lowest BCUT2D eigenvalue weighted by molar-refractivity contribution is -0.137. The van der Waals surface area contributed by atoms with E-state index in [1.54, 1.807) is 7.11 Å². The first kappa shape index (κ1) is 17.2. The normalized spacial score (nSPS) is 15.4. The summed E-state index contributed by atoms with van der Waals surface area (Å²) in [5.41, 5.74) is 6.31. The summed E-state index contributed by atoms with van der Waals surface area (Å²) in [6.07, 6.45) is -3.67. The number of alkyl halides is 3. The van der Waals surface area contributed by atoms with Gasteiger partial charge in [-0.25, -0.2) is 4.98 Å². The fourth-order valence-electron chi connectivity index (χ4n) is 2.95. The van der Waals surface area contributed by atoms with Crippen LogP contribution in [0.3, 0.4) is 0 Å². The van der Waals surface area contributed by atoms with Crippen molar-refractivity contribution in [2.45, 2.75) is 6.18 Å². The number of pyridine rings is 1. The van der Waals surface area contributed by atoms with E-state index in [0.29, 0.717) is 31.9 Å². The Hall–Kier alpha value is -2.64. The summed E-state index contributed by atoms with van der Waals surface area (Å²) in [5, 5.41) is 0. The third-order valence-electron chi connectivity index (χ3n) is 4.27. The van der Waals surface area contributed by atoms with Gasteiger partial charge in [0.15, 0.2) is 0 Å². The second kappa shape index (κ2) is 6.70. The van der Waals surface area contributed by atoms with Crippen molar-refractivity contribution >= 4 is 17.2 Å². The van der Waals surface area contributed by atoms with Crippen LogP contribution in [0.5, 0.6) is 5.75 Å². The van der Waals surface area contributed by atoms with E-state index in [4.69, 9.17) is 10.5 Å². The summed E-state index contributed by atoms with van der Waals surface area (Å²) in [6.45, 7) is 2.39. The molecule has 1 saturated heterocycles. The van der Waals surface area contributed by atoms with Gasteiger partial charge in [0.25, 0.3) is 0 Å². The average Bonchev–Trinajstić information content (AvgIpc) is 2.61. The van der Waals surface area contributed by atoms with E-state index in [2.05, 4.69) is 9.88 Å². The van der Waals surface area contributed by atoms with Crippen molar-refractivity contribution in [1.82, 2.24) is 4.98 Å². The van der Waals surface area contributed by atoms with Crippen molar-refractivity contribution in [2.75, 3.05) is 48.8 Å². The van der Waals surface area contributed by atoms with Crippen LogP contribution in [0.2, 0.25) is 0 Å². The molecule has 0 saturated carbocycles. The van der Waals surface area contributed by atoms with E-state index in [0.717, 1.165) is 23.7 Å². The second-order valence-corrected chi connectivity index (χ2v) is 5.77. The maximum absolute atomic E-state index is 12.9. The third-order valence-corrected chi connectivity index (χ3v) is 4.27. The van der Waals surface area contributed by atoms with Crippen molar-refractivity contribution in [3.63, 3.8) is 0 Å². The second-order valence-electron chi connectivity index (χ2n) is 5.77. The third kappa shape index (κ3) is 3.57. The Morgan fingerprint density at radius 3 is 2.24 bits per heavy atom. The molecular weight excluding hydrogens is 333 g/mol. The number of aromatic nitrogens is 1. The molecule has 0 unspecified atom stereocenters. The number of anilines is 3. The largest absolute Gasteiger partial charge is 0.495 e. The predicted molar refractivity (Wildman–Crippen MR) is 91.1 cm³/mol. The highest BCUT2D eigenvalue weighted by atomic mass is 19.4. The van der Waals surface area contributed by atoms with Crippen LogP contribution in [-0.2, 0) is 6.18 Å². The number of hydrogen-bond donors (Lipinski definition) is 1. The summed E-state index contributed by atoms with van der Waals surface area (Å²) in [6, 6.07) is 8.75. The summed E-state index contributed by atoms with van der Waals surface area (Å²) in [4.78, 5) is 7.69. The molecule has 1 aliphatic rings. The van der Waals surface area contributed by atoms with Crippen LogP contribution in [0.4, 0.5) is 30.4 Å². The van der Waals surface area contributed by atoms with Gasteiger partial charge < -0.3 is 20.3 Å². The predicted octanol–water partition coefficient (Wildman–Crippen LogP) is 3.02. The lowest BCUT2D eigenvalue weighted by Gasteiger charge is -2.38. The molecule has 1 aliphatic heterocycles. The average molecular weight is 352 g/mol. The van der Waals surface area contributed by atoms with Crippen molar-refractivity contribution in [3.8, 4) is 5.75 Å². The molecular formula is C17H19F3N4O. The van der Waals surface area contributed by atoms with Gasteiger partial charge in [0, 0.05) is 32.4 Å². The monoisotopic (exact) mass is 352 g/mol. The first-order valence-corrected chi connectivity index (χ1v) is 7.86. The Bertz CT molecular complexity index is 743. The van der Waals surface area contributed by atoms with Crippen molar-refractivity contribution < 1.29 is 17.9 Å². The van der Waals surface area contributed by atoms with E-state index < -0.39 is 11.7 Å². The van der Waals surface area contributed by atoms with Crippen molar-refractivity contribution in [3.05, 3.63) is 42.1 Å². The molecule has 2 N–H and O–H groups in total. The summed E-state index contributed by atoms with van der Waals surface area (Å²) in [7, 11) is 1.62. The van der Waals surface area contributed by atoms with Crippen LogP contribution in [0.15, 0.2) is 36.5 Å². The maximum Gasteiger partial charge on any atom is 0.417 e. The van der Waals surface area contributed by atoms with Gasteiger partial charge >= 0.3 is 6.18 Å². The lowest BCUT2D eigenvalue weighted by Crippen LogP contribution is -2.47. The van der Waals surface area contributed by atoms with Gasteiger partial charge in [-0.2, -0.15) is 13.2 Å². The molecule has 8 heteroatoms. The van der Waals surface area contributed by atoms with Crippen molar-refractivity contribution in [1.29, 1.82) is 0 Å². The number of nitrogens with two attached hydrogens (primary N) is 1. The number of halogens is 3. The Balaban J connectivity index is 1.77. The van der Waals surface area contributed by atoms with Crippen molar-refractivity contribution in [2.24, 2.45) is 0 Å². The molecule has 0 spiro atoms. The minimum atomic E-state index is -4.44. The van der Waals surface area contributed by atoms with Crippen LogP contribution in [0.25, 0.3) is 0 Å². The zero-order valence-corrected chi connectivity index (χ0v) is 13.8. The topological polar surface area (TPSA) is 54.6 Å². The van der Waals surface area contributed by atoms with Gasteiger partial charge in [-0.1, -0.05) is 12.1 Å². The molecule has 1 aromatic heterocycles. The number of ether oxygens (including phenoxy) is 1. The molecule has 2 heterocycles. The lowest BCUT2D eigenvalue weighted by atomic mass is 10.2. The zero-order chi connectivity index (χ0) is 18.0. The minimum absolute atomic E-state index is 0.110. The van der Waals surface area contributed by atoms with E-state index >= 15 is 0 Å². The number of piperazine rings is 1. The molecule has 0 radical (unpaired) electrons. The standard InChI is InChI=1S/C17H19F3N4O/c1-25-15-5-3-2-4-13(15)23-6-8-24(9-7-23)14-10-12(17(18,19)20)11-22-16(14)21/h2-5,10-11H,6-9H2,1H3,(H2,21,22). The van der Waals surface area contributed by atoms with Crippen LogP contribution < -0.4 is 20.3 Å². The number of hydrogen-bond acceptors (Lipinski definition) is 5. The van der Waals surface area contributed by atoms with Gasteiger partial charge in [-0.3, -0.25) is 0 Å². The first-order valence-electron chi connectivity index (χ1n) is 7.86. The molecule has 0 amide bonds. The molecule has 0 bridgehead atoms. The number of nitrogens with zero attached hydrogens (tertiary/aromatic N) is 3. The molecule has 134 valence electrons.